The van der Waals surface area contributed by atoms with Crippen molar-refractivity contribution >= 4 is 34.9 Å². The minimum Gasteiger partial charge on any atom is -0.382 e. The van der Waals surface area contributed by atoms with Gasteiger partial charge in [0.05, 0.1) is 6.67 Å². The molecule has 4 rings (SSSR count). The number of urea groups is 1. The first-order valence-corrected chi connectivity index (χ1v) is 11.5. The van der Waals surface area contributed by atoms with E-state index in [1.54, 1.807) is 69.4 Å². The van der Waals surface area contributed by atoms with E-state index >= 15 is 0 Å². The molecule has 2 aromatic carbocycles. The Morgan fingerprint density at radius 1 is 1.11 bits per heavy atom. The molecule has 10 heteroatoms. The highest BCUT2D eigenvalue weighted by Gasteiger charge is 2.59. The van der Waals surface area contributed by atoms with Crippen LogP contribution in [0.25, 0.3) is 0 Å². The number of rotatable bonds is 6. The number of ether oxygens (including phenoxy) is 1. The van der Waals surface area contributed by atoms with Gasteiger partial charge in [-0.15, -0.1) is 0 Å². The molecule has 2 saturated heterocycles. The number of nitrogens with zero attached hydrogens (tertiary/aromatic N) is 2. The van der Waals surface area contributed by atoms with Crippen molar-refractivity contribution in [3.63, 3.8) is 0 Å². The summed E-state index contributed by atoms with van der Waals surface area (Å²) in [5.41, 5.74) is -0.441. The molecule has 2 amide bonds. The van der Waals surface area contributed by atoms with Crippen LogP contribution in [0.3, 0.4) is 0 Å². The molecule has 2 aromatic rings. The van der Waals surface area contributed by atoms with E-state index in [4.69, 9.17) is 17.0 Å². The fourth-order valence-corrected chi connectivity index (χ4v) is 4.76. The molecule has 0 bridgehead atoms. The van der Waals surface area contributed by atoms with Crippen LogP contribution in [0.4, 0.5) is 4.79 Å². The first-order valence-electron chi connectivity index (χ1n) is 11.1. The minimum atomic E-state index is -2.23. The maximum atomic E-state index is 13.7. The molecule has 0 saturated carbocycles. The molecule has 184 valence electrons. The Kier molecular flexibility index (Phi) is 6.74. The largest absolute Gasteiger partial charge is 0.382 e. The molecule has 2 aliphatic heterocycles. The lowest BCUT2D eigenvalue weighted by molar-refractivity contribution is -0.101. The number of benzene rings is 2. The van der Waals surface area contributed by atoms with Crippen LogP contribution in [0.5, 0.6) is 0 Å². The van der Waals surface area contributed by atoms with Gasteiger partial charge in [-0.3, -0.25) is 14.9 Å². The summed E-state index contributed by atoms with van der Waals surface area (Å²) in [6, 6.07) is 13.1. The van der Waals surface area contributed by atoms with Gasteiger partial charge in [-0.05, 0) is 37.2 Å². The molecular formula is C25H27N3O6S. The number of ketones is 2. The summed E-state index contributed by atoms with van der Waals surface area (Å²) in [6.07, 6.45) is -4.65. The van der Waals surface area contributed by atoms with E-state index in [0.717, 1.165) is 0 Å². The Morgan fingerprint density at radius 3 is 2.29 bits per heavy atom. The van der Waals surface area contributed by atoms with Crippen molar-refractivity contribution in [3.8, 4) is 0 Å². The number of aryl methyl sites for hydroxylation is 2. The maximum Gasteiger partial charge on any atom is 0.324 e. The number of amides is 2. The van der Waals surface area contributed by atoms with Gasteiger partial charge in [0.2, 0.25) is 0 Å². The summed E-state index contributed by atoms with van der Waals surface area (Å²) in [4.78, 5) is 41.7. The molecule has 0 radical (unpaired) electrons. The molecule has 0 aliphatic carbocycles. The molecule has 9 nitrogen and oxygen atoms in total. The van der Waals surface area contributed by atoms with Gasteiger partial charge in [0, 0.05) is 24.6 Å². The Morgan fingerprint density at radius 2 is 1.69 bits per heavy atom. The van der Waals surface area contributed by atoms with E-state index < -0.39 is 41.6 Å². The average molecular weight is 498 g/mol. The number of carbonyl (C=O) groups excluding carboxylic acids is 3. The number of aliphatic hydroxyl groups is 2. The Hall–Kier alpha value is -3.18. The van der Waals surface area contributed by atoms with Crippen LogP contribution in [0, 0.1) is 13.8 Å². The Labute approximate surface area is 208 Å². The van der Waals surface area contributed by atoms with E-state index in [1.165, 1.54) is 9.80 Å². The van der Waals surface area contributed by atoms with Crippen molar-refractivity contribution in [3.05, 3.63) is 70.8 Å². The second-order valence-electron chi connectivity index (χ2n) is 8.95. The number of Topliss-reactive ketones (excluding diaryl/α,β-unsaturated/α-hetero) is 2. The number of carbonyl (C=O) groups is 3. The lowest BCUT2D eigenvalue weighted by atomic mass is 9.81. The summed E-state index contributed by atoms with van der Waals surface area (Å²) < 4.78 is 6.02. The van der Waals surface area contributed by atoms with E-state index in [0.29, 0.717) is 11.1 Å². The fourth-order valence-electron chi connectivity index (χ4n) is 4.50. The normalized spacial score (nSPS) is 25.4. The SMILES string of the molecule is Cc1ccccc1C(=O)C(O)[C@H]1O[C@@H](N2CN(C)C(=O)NC2=S)C[C@@]1(O)C(=O)c1ccccc1C. The molecule has 2 aliphatic rings. The van der Waals surface area contributed by atoms with Gasteiger partial charge >= 0.3 is 6.03 Å². The lowest BCUT2D eigenvalue weighted by Gasteiger charge is -2.38. The van der Waals surface area contributed by atoms with Gasteiger partial charge in [0.25, 0.3) is 0 Å². The highest BCUT2D eigenvalue weighted by Crippen LogP contribution is 2.39. The summed E-state index contributed by atoms with van der Waals surface area (Å²) in [7, 11) is 1.55. The second-order valence-corrected chi connectivity index (χ2v) is 9.34. The van der Waals surface area contributed by atoms with E-state index in [2.05, 4.69) is 5.32 Å². The summed E-state index contributed by atoms with van der Waals surface area (Å²) >= 11 is 5.29. The molecule has 4 atom stereocenters. The molecule has 0 spiro atoms. The number of nitrogens with one attached hydrogen (secondary N) is 1. The van der Waals surface area contributed by atoms with Crippen molar-refractivity contribution < 1.29 is 29.3 Å². The number of hydrogen-bond acceptors (Lipinski definition) is 7. The van der Waals surface area contributed by atoms with E-state index in [-0.39, 0.29) is 29.3 Å². The van der Waals surface area contributed by atoms with E-state index in [1.807, 2.05) is 0 Å². The predicted octanol–water partition coefficient (Wildman–Crippen LogP) is 1.78. The molecular weight excluding hydrogens is 470 g/mol. The van der Waals surface area contributed by atoms with Crippen LogP contribution in [0.2, 0.25) is 0 Å². The van der Waals surface area contributed by atoms with Crippen LogP contribution >= 0.6 is 12.2 Å². The summed E-state index contributed by atoms with van der Waals surface area (Å²) in [5, 5.41) is 25.5. The highest BCUT2D eigenvalue weighted by atomic mass is 32.1. The van der Waals surface area contributed by atoms with Crippen LogP contribution in [-0.2, 0) is 4.74 Å². The third-order valence-corrected chi connectivity index (χ3v) is 6.88. The molecule has 1 unspecified atom stereocenters. The van der Waals surface area contributed by atoms with Gasteiger partial charge < -0.3 is 24.7 Å². The standard InChI is InChI=1S/C25H27N3O6S/c1-14-8-4-6-10-16(14)19(29)20(30)22-25(33,21(31)17-11-7-5-9-15(17)2)12-18(34-22)28-13-27(3)23(32)26-24(28)35/h4-11,18,20,22,30,33H,12-13H2,1-3H3,(H,26,32,35)/t18-,20?,22-,25-/m1/s1. The third kappa shape index (κ3) is 4.45. The van der Waals surface area contributed by atoms with Gasteiger partial charge in [0.1, 0.15) is 18.4 Å². The molecule has 0 aromatic heterocycles. The Bertz CT molecular complexity index is 1200. The number of hydrogen-bond donors (Lipinski definition) is 3. The van der Waals surface area contributed by atoms with E-state index in [9.17, 15) is 24.6 Å². The zero-order valence-corrected chi connectivity index (χ0v) is 20.4. The summed E-state index contributed by atoms with van der Waals surface area (Å²) in [5.74, 6) is -1.34. The predicted molar refractivity (Wildman–Crippen MR) is 131 cm³/mol. The van der Waals surface area contributed by atoms with Gasteiger partial charge in [-0.25, -0.2) is 4.79 Å². The Balaban J connectivity index is 1.72. The number of thiocarbonyl (C=S) groups is 1. The summed E-state index contributed by atoms with van der Waals surface area (Å²) in [6.45, 7) is 3.50. The van der Waals surface area contributed by atoms with Crippen molar-refractivity contribution in [2.45, 2.75) is 44.3 Å². The smallest absolute Gasteiger partial charge is 0.324 e. The monoisotopic (exact) mass is 497 g/mol. The van der Waals surface area contributed by atoms with Gasteiger partial charge in [-0.2, -0.15) is 0 Å². The van der Waals surface area contributed by atoms with Gasteiger partial charge in [0.15, 0.2) is 22.3 Å². The van der Waals surface area contributed by atoms with Gasteiger partial charge in [-0.1, -0.05) is 48.5 Å². The molecule has 3 N–H and O–H groups in total. The average Bonchev–Trinajstić information content (AvgIpc) is 3.19. The van der Waals surface area contributed by atoms with Crippen molar-refractivity contribution in [2.75, 3.05) is 13.7 Å². The zero-order chi connectivity index (χ0) is 25.5. The molecule has 2 fully saturated rings. The second kappa shape index (κ2) is 9.46. The van der Waals surface area contributed by atoms with Crippen LogP contribution in [0.15, 0.2) is 48.5 Å². The van der Waals surface area contributed by atoms with Crippen molar-refractivity contribution in [1.29, 1.82) is 0 Å². The van der Waals surface area contributed by atoms with Crippen molar-refractivity contribution in [2.24, 2.45) is 0 Å². The fraction of sp³-hybridized carbons (Fsp3) is 0.360. The molecule has 2 heterocycles. The number of aliphatic hydroxyl groups excluding tert-OH is 1. The van der Waals surface area contributed by atoms with Crippen molar-refractivity contribution in [1.82, 2.24) is 15.1 Å². The minimum absolute atomic E-state index is 0.0402. The molecule has 35 heavy (non-hydrogen) atoms. The van der Waals surface area contributed by atoms with Crippen LogP contribution in [-0.4, -0.2) is 80.5 Å². The lowest BCUT2D eigenvalue weighted by Crippen LogP contribution is -2.60. The quantitative estimate of drug-likeness (QED) is 0.408. The topological polar surface area (TPSA) is 119 Å². The third-order valence-electron chi connectivity index (χ3n) is 6.54. The maximum absolute atomic E-state index is 13.7. The van der Waals surface area contributed by atoms with Crippen LogP contribution < -0.4 is 5.32 Å². The first kappa shape index (κ1) is 24.9. The first-order chi connectivity index (χ1) is 16.5. The van der Waals surface area contributed by atoms with Crippen LogP contribution in [0.1, 0.15) is 38.3 Å². The highest BCUT2D eigenvalue weighted by molar-refractivity contribution is 7.80. The zero-order valence-electron chi connectivity index (χ0n) is 19.6.